The standard InChI is InChI=1S/C8H3F6NO2/c9-4-1-3(2-16)5(6(10)11)15-7(4)17-8(12,13)14/h1-2,6H. The van der Waals surface area contributed by atoms with Crippen LogP contribution in [0.3, 0.4) is 0 Å². The molecule has 0 spiro atoms. The Labute approximate surface area is 90.0 Å². The highest BCUT2D eigenvalue weighted by molar-refractivity contribution is 5.76. The highest BCUT2D eigenvalue weighted by atomic mass is 19.4. The lowest BCUT2D eigenvalue weighted by Crippen LogP contribution is -2.19. The molecule has 0 bridgehead atoms. The Morgan fingerprint density at radius 2 is 1.94 bits per heavy atom. The van der Waals surface area contributed by atoms with E-state index in [2.05, 4.69) is 9.72 Å². The quantitative estimate of drug-likeness (QED) is 0.618. The zero-order valence-corrected chi connectivity index (χ0v) is 7.76. The number of aldehydes is 1. The summed E-state index contributed by atoms with van der Waals surface area (Å²) in [6.45, 7) is 0. The molecule has 1 aromatic heterocycles. The van der Waals surface area contributed by atoms with Gasteiger partial charge in [0.15, 0.2) is 12.1 Å². The number of carbonyl (C=O) groups excluding carboxylic acids is 1. The maximum Gasteiger partial charge on any atom is 0.574 e. The number of hydrogen-bond donors (Lipinski definition) is 0. The van der Waals surface area contributed by atoms with Crippen molar-refractivity contribution in [3.8, 4) is 5.88 Å². The van der Waals surface area contributed by atoms with Crippen LogP contribution in [0.1, 0.15) is 22.5 Å². The third kappa shape index (κ3) is 3.33. The predicted octanol–water partition coefficient (Wildman–Crippen LogP) is 2.87. The summed E-state index contributed by atoms with van der Waals surface area (Å²) in [5, 5.41) is 0. The van der Waals surface area contributed by atoms with Crippen molar-refractivity contribution in [2.75, 3.05) is 0 Å². The van der Waals surface area contributed by atoms with Crippen LogP contribution in [-0.4, -0.2) is 17.6 Å². The van der Waals surface area contributed by atoms with E-state index in [1.165, 1.54) is 0 Å². The number of halogens is 6. The van der Waals surface area contributed by atoms with Crippen LogP contribution in [0.4, 0.5) is 26.3 Å². The van der Waals surface area contributed by atoms with Crippen molar-refractivity contribution in [2.45, 2.75) is 12.8 Å². The van der Waals surface area contributed by atoms with Crippen LogP contribution in [0.5, 0.6) is 5.88 Å². The highest BCUT2D eigenvalue weighted by Crippen LogP contribution is 2.28. The first-order valence-corrected chi connectivity index (χ1v) is 3.94. The molecule has 3 nitrogen and oxygen atoms in total. The first-order chi connectivity index (χ1) is 7.74. The van der Waals surface area contributed by atoms with Crippen molar-refractivity contribution < 1.29 is 35.9 Å². The van der Waals surface area contributed by atoms with E-state index in [1.54, 1.807) is 0 Å². The maximum atomic E-state index is 12.9. The summed E-state index contributed by atoms with van der Waals surface area (Å²) >= 11 is 0. The molecule has 0 aromatic carbocycles. The number of carbonyl (C=O) groups is 1. The summed E-state index contributed by atoms with van der Waals surface area (Å²) in [5.41, 5.74) is -2.12. The molecule has 0 saturated heterocycles. The zero-order chi connectivity index (χ0) is 13.2. The number of hydrogen-bond acceptors (Lipinski definition) is 3. The van der Waals surface area contributed by atoms with Crippen LogP contribution in [0.25, 0.3) is 0 Å². The van der Waals surface area contributed by atoms with Crippen LogP contribution in [-0.2, 0) is 0 Å². The van der Waals surface area contributed by atoms with Gasteiger partial charge in [0.2, 0.25) is 0 Å². The van der Waals surface area contributed by atoms with Crippen LogP contribution < -0.4 is 4.74 Å². The lowest BCUT2D eigenvalue weighted by Gasteiger charge is -2.10. The third-order valence-electron chi connectivity index (χ3n) is 1.55. The van der Waals surface area contributed by atoms with E-state index in [4.69, 9.17) is 0 Å². The van der Waals surface area contributed by atoms with E-state index in [0.29, 0.717) is 0 Å². The average Bonchev–Trinajstić information content (AvgIpc) is 2.18. The molecule has 1 aromatic rings. The average molecular weight is 259 g/mol. The molecule has 9 heteroatoms. The smallest absolute Gasteiger partial charge is 0.385 e. The molecule has 0 radical (unpaired) electrons. The summed E-state index contributed by atoms with van der Waals surface area (Å²) in [5.74, 6) is -3.31. The summed E-state index contributed by atoms with van der Waals surface area (Å²) in [7, 11) is 0. The largest absolute Gasteiger partial charge is 0.574 e. The number of pyridine rings is 1. The molecule has 0 N–H and O–H groups in total. The summed E-state index contributed by atoms with van der Waals surface area (Å²) in [6.07, 6.45) is -8.74. The van der Waals surface area contributed by atoms with Gasteiger partial charge in [-0.2, -0.15) is 0 Å². The molecule has 1 rings (SSSR count). The molecule has 94 valence electrons. The van der Waals surface area contributed by atoms with Crippen molar-refractivity contribution >= 4 is 6.29 Å². The first-order valence-electron chi connectivity index (χ1n) is 3.94. The van der Waals surface area contributed by atoms with Crippen LogP contribution in [0.15, 0.2) is 6.07 Å². The van der Waals surface area contributed by atoms with Gasteiger partial charge >= 0.3 is 6.36 Å². The van der Waals surface area contributed by atoms with Gasteiger partial charge in [0.05, 0.1) is 0 Å². The van der Waals surface area contributed by atoms with Gasteiger partial charge in [-0.25, -0.2) is 18.2 Å². The second-order valence-electron chi connectivity index (χ2n) is 2.72. The Kier molecular flexibility index (Phi) is 3.59. The van der Waals surface area contributed by atoms with Gasteiger partial charge in [0.1, 0.15) is 5.69 Å². The molecule has 0 unspecified atom stereocenters. The molecule has 0 amide bonds. The lowest BCUT2D eigenvalue weighted by molar-refractivity contribution is -0.277. The Bertz CT molecular complexity index is 431. The maximum absolute atomic E-state index is 12.9. The molecule has 0 atom stereocenters. The Morgan fingerprint density at radius 1 is 1.35 bits per heavy atom. The van der Waals surface area contributed by atoms with E-state index in [0.717, 1.165) is 0 Å². The Balaban J connectivity index is 3.24. The van der Waals surface area contributed by atoms with E-state index in [9.17, 15) is 31.1 Å². The fourth-order valence-electron chi connectivity index (χ4n) is 0.950. The fourth-order valence-corrected chi connectivity index (χ4v) is 0.950. The highest BCUT2D eigenvalue weighted by Gasteiger charge is 2.34. The molecule has 1 heterocycles. The second-order valence-corrected chi connectivity index (χ2v) is 2.72. The predicted molar refractivity (Wildman–Crippen MR) is 41.2 cm³/mol. The number of ether oxygens (including phenoxy) is 1. The number of rotatable bonds is 3. The normalized spacial score (nSPS) is 11.7. The second kappa shape index (κ2) is 4.60. The van der Waals surface area contributed by atoms with E-state index >= 15 is 0 Å². The summed E-state index contributed by atoms with van der Waals surface area (Å²) in [4.78, 5) is 12.9. The molecule has 0 aliphatic carbocycles. The van der Waals surface area contributed by atoms with Crippen LogP contribution in [0.2, 0.25) is 0 Å². The van der Waals surface area contributed by atoms with Crippen molar-refractivity contribution in [3.05, 3.63) is 23.1 Å². The van der Waals surface area contributed by atoms with Crippen molar-refractivity contribution in [1.82, 2.24) is 4.98 Å². The fraction of sp³-hybridized carbons (Fsp3) is 0.250. The first kappa shape index (κ1) is 13.3. The molecule has 17 heavy (non-hydrogen) atoms. The van der Waals surface area contributed by atoms with Crippen molar-refractivity contribution in [1.29, 1.82) is 0 Å². The molecular weight excluding hydrogens is 256 g/mol. The minimum Gasteiger partial charge on any atom is -0.385 e. The molecular formula is C8H3F6NO2. The minimum absolute atomic E-state index is 0.144. The van der Waals surface area contributed by atoms with Gasteiger partial charge in [-0.3, -0.25) is 4.79 Å². The van der Waals surface area contributed by atoms with Gasteiger partial charge in [0.25, 0.3) is 12.3 Å². The van der Waals surface area contributed by atoms with Crippen LogP contribution in [0, 0.1) is 5.82 Å². The topological polar surface area (TPSA) is 39.2 Å². The molecule has 0 aliphatic heterocycles. The monoisotopic (exact) mass is 259 g/mol. The Morgan fingerprint density at radius 3 is 2.35 bits per heavy atom. The number of nitrogens with zero attached hydrogens (tertiary/aromatic N) is 1. The summed E-state index contributed by atoms with van der Waals surface area (Å²) in [6, 6.07) is 0.197. The number of alkyl halides is 5. The van der Waals surface area contributed by atoms with Gasteiger partial charge < -0.3 is 4.74 Å². The molecule has 0 fully saturated rings. The number of aromatic nitrogens is 1. The summed E-state index contributed by atoms with van der Waals surface area (Å²) < 4.78 is 75.8. The Hall–Kier alpha value is -1.80. The van der Waals surface area contributed by atoms with Gasteiger partial charge in [-0.05, 0) is 6.07 Å². The molecule has 0 aliphatic rings. The van der Waals surface area contributed by atoms with Gasteiger partial charge in [-0.1, -0.05) is 0 Å². The zero-order valence-electron chi connectivity index (χ0n) is 7.76. The third-order valence-corrected chi connectivity index (χ3v) is 1.55. The van der Waals surface area contributed by atoms with E-state index in [1.807, 2.05) is 0 Å². The SMILES string of the molecule is O=Cc1cc(F)c(OC(F)(F)F)nc1C(F)F. The van der Waals surface area contributed by atoms with Gasteiger partial charge in [0, 0.05) is 5.56 Å². The van der Waals surface area contributed by atoms with Crippen LogP contribution >= 0.6 is 0 Å². The van der Waals surface area contributed by atoms with Crippen molar-refractivity contribution in [2.24, 2.45) is 0 Å². The lowest BCUT2D eigenvalue weighted by atomic mass is 10.2. The van der Waals surface area contributed by atoms with Gasteiger partial charge in [-0.15, -0.1) is 13.2 Å². The van der Waals surface area contributed by atoms with E-state index < -0.39 is 35.7 Å². The minimum atomic E-state index is -5.27. The molecule has 0 saturated carbocycles. The van der Waals surface area contributed by atoms with Crippen molar-refractivity contribution in [3.63, 3.8) is 0 Å². The van der Waals surface area contributed by atoms with E-state index in [-0.39, 0.29) is 12.4 Å².